The number of halogens is 2. The van der Waals surface area contributed by atoms with Crippen LogP contribution in [0.1, 0.15) is 0 Å². The largest absolute Gasteiger partial charge is 0.380 e. The van der Waals surface area contributed by atoms with E-state index in [1.165, 1.54) is 18.2 Å². The molecule has 0 amide bonds. The molecule has 0 spiro atoms. The first-order valence-corrected chi connectivity index (χ1v) is 5.12. The van der Waals surface area contributed by atoms with Crippen LogP contribution < -0.4 is 5.73 Å². The van der Waals surface area contributed by atoms with Gasteiger partial charge in [0, 0.05) is 6.07 Å². The highest BCUT2D eigenvalue weighted by molar-refractivity contribution is 6.37. The molecule has 0 atom stereocenters. The fraction of sp³-hybridized carbons (Fsp3) is 0. The number of rotatable bonds is 2. The van der Waals surface area contributed by atoms with Crippen molar-refractivity contribution in [1.82, 2.24) is 5.16 Å². The Labute approximate surface area is 105 Å². The second-order valence-corrected chi connectivity index (χ2v) is 3.89. The highest BCUT2D eigenvalue weighted by Gasteiger charge is 2.25. The minimum absolute atomic E-state index is 0.00111. The number of nitrogens with zero attached hydrogens (tertiary/aromatic N) is 2. The SMILES string of the molecule is Nc1noc(-c2c(Cl)cccc2[N+](=O)[O-])c1Cl. The lowest BCUT2D eigenvalue weighted by atomic mass is 10.1. The second-order valence-electron chi connectivity index (χ2n) is 3.10. The van der Waals surface area contributed by atoms with Crippen molar-refractivity contribution in [2.24, 2.45) is 0 Å². The predicted molar refractivity (Wildman–Crippen MR) is 63.0 cm³/mol. The van der Waals surface area contributed by atoms with E-state index in [2.05, 4.69) is 5.16 Å². The van der Waals surface area contributed by atoms with Gasteiger partial charge in [-0.05, 0) is 6.07 Å². The molecule has 0 saturated carbocycles. The third-order valence-corrected chi connectivity index (χ3v) is 2.76. The third kappa shape index (κ3) is 1.92. The van der Waals surface area contributed by atoms with Crippen molar-refractivity contribution in [3.63, 3.8) is 0 Å². The molecule has 0 saturated heterocycles. The molecular formula is C9H5Cl2N3O3. The molecule has 2 N–H and O–H groups in total. The number of benzene rings is 1. The van der Waals surface area contributed by atoms with E-state index < -0.39 is 4.92 Å². The van der Waals surface area contributed by atoms with E-state index in [0.29, 0.717) is 0 Å². The highest BCUT2D eigenvalue weighted by Crippen LogP contribution is 2.41. The van der Waals surface area contributed by atoms with E-state index in [1.807, 2.05) is 0 Å². The molecule has 0 aliphatic rings. The fourth-order valence-electron chi connectivity index (χ4n) is 1.34. The summed E-state index contributed by atoms with van der Waals surface area (Å²) in [6.07, 6.45) is 0. The molecule has 88 valence electrons. The summed E-state index contributed by atoms with van der Waals surface area (Å²) in [5, 5.41) is 14.4. The van der Waals surface area contributed by atoms with Crippen LogP contribution in [-0.4, -0.2) is 10.1 Å². The van der Waals surface area contributed by atoms with E-state index in [9.17, 15) is 10.1 Å². The van der Waals surface area contributed by atoms with Crippen LogP contribution in [0.4, 0.5) is 11.5 Å². The lowest BCUT2D eigenvalue weighted by Crippen LogP contribution is -1.92. The zero-order valence-corrected chi connectivity index (χ0v) is 9.70. The number of nitrogens with two attached hydrogens (primary N) is 1. The molecule has 1 aromatic heterocycles. The fourth-order valence-corrected chi connectivity index (χ4v) is 1.76. The van der Waals surface area contributed by atoms with Gasteiger partial charge in [-0.25, -0.2) is 0 Å². The van der Waals surface area contributed by atoms with E-state index in [1.54, 1.807) is 0 Å². The van der Waals surface area contributed by atoms with Crippen molar-refractivity contribution >= 4 is 34.7 Å². The maximum atomic E-state index is 10.9. The Hall–Kier alpha value is -1.79. The third-order valence-electron chi connectivity index (χ3n) is 2.07. The van der Waals surface area contributed by atoms with Crippen LogP contribution >= 0.6 is 23.2 Å². The molecule has 0 radical (unpaired) electrons. The molecule has 6 nitrogen and oxygen atoms in total. The van der Waals surface area contributed by atoms with Crippen LogP contribution in [0.5, 0.6) is 0 Å². The number of nitro groups is 1. The van der Waals surface area contributed by atoms with E-state index in [4.69, 9.17) is 33.5 Å². The quantitative estimate of drug-likeness (QED) is 0.670. The topological polar surface area (TPSA) is 95.2 Å². The van der Waals surface area contributed by atoms with Gasteiger partial charge in [0.25, 0.3) is 5.69 Å². The van der Waals surface area contributed by atoms with Gasteiger partial charge in [0.15, 0.2) is 11.6 Å². The number of nitro benzene ring substituents is 1. The Morgan fingerprint density at radius 1 is 1.41 bits per heavy atom. The summed E-state index contributed by atoms with van der Waals surface area (Å²) < 4.78 is 4.86. The van der Waals surface area contributed by atoms with Crippen LogP contribution in [-0.2, 0) is 0 Å². The van der Waals surface area contributed by atoms with Gasteiger partial charge in [0.05, 0.1) is 9.95 Å². The van der Waals surface area contributed by atoms with Gasteiger partial charge in [0.1, 0.15) is 10.6 Å². The van der Waals surface area contributed by atoms with Crippen molar-refractivity contribution in [1.29, 1.82) is 0 Å². The van der Waals surface area contributed by atoms with Crippen LogP contribution in [0.25, 0.3) is 11.3 Å². The van der Waals surface area contributed by atoms with Crippen LogP contribution in [0.2, 0.25) is 10.0 Å². The first-order chi connectivity index (χ1) is 8.02. The zero-order valence-electron chi connectivity index (χ0n) is 8.18. The molecule has 0 bridgehead atoms. The highest BCUT2D eigenvalue weighted by atomic mass is 35.5. The maximum absolute atomic E-state index is 10.9. The summed E-state index contributed by atoms with van der Waals surface area (Å²) >= 11 is 11.7. The number of anilines is 1. The Bertz CT molecular complexity index is 597. The molecule has 1 heterocycles. The summed E-state index contributed by atoms with van der Waals surface area (Å²) in [6.45, 7) is 0. The summed E-state index contributed by atoms with van der Waals surface area (Å²) in [6, 6.07) is 4.23. The molecule has 17 heavy (non-hydrogen) atoms. The lowest BCUT2D eigenvalue weighted by molar-refractivity contribution is -0.384. The van der Waals surface area contributed by atoms with E-state index in [-0.39, 0.29) is 32.9 Å². The molecule has 1 aromatic carbocycles. The average molecular weight is 274 g/mol. The second kappa shape index (κ2) is 4.23. The molecule has 0 aliphatic heterocycles. The molecule has 0 aliphatic carbocycles. The predicted octanol–water partition coefficient (Wildman–Crippen LogP) is 3.14. The smallest absolute Gasteiger partial charge is 0.282 e. The Balaban J connectivity index is 2.74. The molecular weight excluding hydrogens is 269 g/mol. The number of aromatic nitrogens is 1. The number of hydrogen-bond acceptors (Lipinski definition) is 5. The average Bonchev–Trinajstić information content (AvgIpc) is 2.60. The molecule has 2 rings (SSSR count). The first kappa shape index (κ1) is 11.7. The van der Waals surface area contributed by atoms with E-state index >= 15 is 0 Å². The molecule has 8 heteroatoms. The Morgan fingerprint density at radius 3 is 2.65 bits per heavy atom. The van der Waals surface area contributed by atoms with Crippen LogP contribution in [0, 0.1) is 10.1 Å². The van der Waals surface area contributed by atoms with Crippen LogP contribution in [0.15, 0.2) is 22.7 Å². The molecule has 2 aromatic rings. The number of hydrogen-bond donors (Lipinski definition) is 1. The van der Waals surface area contributed by atoms with Crippen molar-refractivity contribution < 1.29 is 9.45 Å². The monoisotopic (exact) mass is 273 g/mol. The summed E-state index contributed by atoms with van der Waals surface area (Å²) in [5.41, 5.74) is 5.24. The van der Waals surface area contributed by atoms with Crippen molar-refractivity contribution in [2.45, 2.75) is 0 Å². The molecule has 0 unspecified atom stereocenters. The van der Waals surface area contributed by atoms with Gasteiger partial charge in [-0.15, -0.1) is 0 Å². The summed E-state index contributed by atoms with van der Waals surface area (Å²) in [5.74, 6) is -0.0580. The van der Waals surface area contributed by atoms with E-state index in [0.717, 1.165) is 0 Å². The Morgan fingerprint density at radius 2 is 2.12 bits per heavy atom. The summed E-state index contributed by atoms with van der Waals surface area (Å²) in [7, 11) is 0. The van der Waals surface area contributed by atoms with Gasteiger partial charge < -0.3 is 10.3 Å². The van der Waals surface area contributed by atoms with Gasteiger partial charge in [-0.1, -0.05) is 34.4 Å². The van der Waals surface area contributed by atoms with Gasteiger partial charge in [-0.2, -0.15) is 0 Å². The zero-order chi connectivity index (χ0) is 12.6. The normalized spacial score (nSPS) is 10.5. The van der Waals surface area contributed by atoms with Gasteiger partial charge in [-0.3, -0.25) is 10.1 Å². The minimum Gasteiger partial charge on any atom is -0.380 e. The number of nitrogen functional groups attached to an aromatic ring is 1. The summed E-state index contributed by atoms with van der Waals surface area (Å²) in [4.78, 5) is 10.3. The Kier molecular flexibility index (Phi) is 2.91. The lowest BCUT2D eigenvalue weighted by Gasteiger charge is -2.01. The van der Waals surface area contributed by atoms with Gasteiger partial charge in [0.2, 0.25) is 0 Å². The van der Waals surface area contributed by atoms with Gasteiger partial charge >= 0.3 is 0 Å². The first-order valence-electron chi connectivity index (χ1n) is 4.36. The standard InChI is InChI=1S/C9H5Cl2N3O3/c10-4-2-1-3-5(14(15)16)6(4)8-7(11)9(12)13-17-8/h1-3H,(H2,12,13). The van der Waals surface area contributed by atoms with Crippen LogP contribution in [0.3, 0.4) is 0 Å². The minimum atomic E-state index is -0.587. The molecule has 0 fully saturated rings. The van der Waals surface area contributed by atoms with Crippen molar-refractivity contribution in [3.05, 3.63) is 38.4 Å². The van der Waals surface area contributed by atoms with Crippen molar-refractivity contribution in [2.75, 3.05) is 5.73 Å². The van der Waals surface area contributed by atoms with Crippen molar-refractivity contribution in [3.8, 4) is 11.3 Å². The maximum Gasteiger partial charge on any atom is 0.282 e.